The van der Waals surface area contributed by atoms with Crippen LogP contribution >= 0.6 is 0 Å². The van der Waals surface area contributed by atoms with Gasteiger partial charge in [0, 0.05) is 18.9 Å². The van der Waals surface area contributed by atoms with E-state index in [1.54, 1.807) is 5.57 Å². The molecule has 2 rings (SSSR count). The van der Waals surface area contributed by atoms with Crippen LogP contribution in [-0.4, -0.2) is 11.5 Å². The van der Waals surface area contributed by atoms with Crippen LogP contribution in [0, 0.1) is 18.8 Å². The zero-order valence-corrected chi connectivity index (χ0v) is 11.7. The van der Waals surface area contributed by atoms with Gasteiger partial charge in [0.2, 0.25) is 0 Å². The van der Waals surface area contributed by atoms with Gasteiger partial charge in [0.15, 0.2) is 0 Å². The molecular formula is C16H24N2. The summed E-state index contributed by atoms with van der Waals surface area (Å²) in [5.74, 6) is 1.53. The number of hydrogen-bond donors (Lipinski definition) is 1. The number of pyridine rings is 1. The van der Waals surface area contributed by atoms with Gasteiger partial charge in [0.1, 0.15) is 0 Å². The van der Waals surface area contributed by atoms with Crippen molar-refractivity contribution < 1.29 is 0 Å². The van der Waals surface area contributed by atoms with Gasteiger partial charge >= 0.3 is 0 Å². The molecule has 1 aromatic rings. The highest BCUT2D eigenvalue weighted by molar-refractivity contribution is 5.21. The lowest BCUT2D eigenvalue weighted by Crippen LogP contribution is -2.26. The second kappa shape index (κ2) is 6.14. The molecule has 0 aromatic carbocycles. The van der Waals surface area contributed by atoms with E-state index < -0.39 is 0 Å². The maximum absolute atomic E-state index is 4.19. The average molecular weight is 244 g/mol. The molecule has 0 radical (unpaired) electrons. The van der Waals surface area contributed by atoms with Crippen LogP contribution in [0.3, 0.4) is 0 Å². The summed E-state index contributed by atoms with van der Waals surface area (Å²) in [6.07, 6.45) is 8.81. The second-order valence-electron chi connectivity index (χ2n) is 5.73. The van der Waals surface area contributed by atoms with E-state index in [2.05, 4.69) is 43.2 Å². The number of rotatable bonds is 4. The summed E-state index contributed by atoms with van der Waals surface area (Å²) in [4.78, 5) is 4.19. The highest BCUT2D eigenvalue weighted by atomic mass is 14.9. The monoisotopic (exact) mass is 244 g/mol. The van der Waals surface area contributed by atoms with Crippen LogP contribution in [0.2, 0.25) is 0 Å². The first-order valence-corrected chi connectivity index (χ1v) is 6.92. The van der Waals surface area contributed by atoms with Gasteiger partial charge in [-0.2, -0.15) is 0 Å². The fraction of sp³-hybridized carbons (Fsp3) is 0.562. The van der Waals surface area contributed by atoms with E-state index in [0.717, 1.165) is 24.9 Å². The lowest BCUT2D eigenvalue weighted by molar-refractivity contribution is 0.381. The predicted molar refractivity (Wildman–Crippen MR) is 76.3 cm³/mol. The predicted octanol–water partition coefficient (Wildman–Crippen LogP) is 3.47. The SMILES string of the molecule is CC1=CC(C)CC(CNCc2cnccc2C)C1. The standard InChI is InChI=1S/C16H24N2/c1-12-6-13(2)8-15(7-12)9-18-11-16-10-17-5-4-14(16)3/h4-6,10,12,15,18H,7-9,11H2,1-3H3. The normalized spacial score (nSPS) is 23.8. The molecule has 0 amide bonds. The summed E-state index contributed by atoms with van der Waals surface area (Å²) < 4.78 is 0. The minimum absolute atomic E-state index is 0.741. The maximum atomic E-state index is 4.19. The molecule has 0 aliphatic heterocycles. The third-order valence-electron chi connectivity index (χ3n) is 3.78. The van der Waals surface area contributed by atoms with E-state index in [-0.39, 0.29) is 0 Å². The number of nitrogens with one attached hydrogen (secondary N) is 1. The highest BCUT2D eigenvalue weighted by Gasteiger charge is 2.17. The van der Waals surface area contributed by atoms with Crippen molar-refractivity contribution in [2.24, 2.45) is 11.8 Å². The van der Waals surface area contributed by atoms with Crippen LogP contribution in [0.1, 0.15) is 37.8 Å². The van der Waals surface area contributed by atoms with Gasteiger partial charge in [0.25, 0.3) is 0 Å². The summed E-state index contributed by atoms with van der Waals surface area (Å²) in [7, 11) is 0. The van der Waals surface area contributed by atoms with E-state index >= 15 is 0 Å². The number of aromatic nitrogens is 1. The van der Waals surface area contributed by atoms with Gasteiger partial charge in [-0.25, -0.2) is 0 Å². The molecule has 98 valence electrons. The topological polar surface area (TPSA) is 24.9 Å². The molecule has 2 nitrogen and oxygen atoms in total. The first-order chi connectivity index (χ1) is 8.65. The van der Waals surface area contributed by atoms with Crippen molar-refractivity contribution in [3.05, 3.63) is 41.2 Å². The summed E-state index contributed by atoms with van der Waals surface area (Å²) in [5, 5.41) is 3.59. The van der Waals surface area contributed by atoms with Crippen LogP contribution in [0.4, 0.5) is 0 Å². The molecular weight excluding hydrogens is 220 g/mol. The number of hydrogen-bond acceptors (Lipinski definition) is 2. The molecule has 0 saturated heterocycles. The maximum Gasteiger partial charge on any atom is 0.0315 e. The van der Waals surface area contributed by atoms with Gasteiger partial charge in [-0.3, -0.25) is 4.98 Å². The van der Waals surface area contributed by atoms with Crippen molar-refractivity contribution in [2.45, 2.75) is 40.2 Å². The molecule has 0 bridgehead atoms. The summed E-state index contributed by atoms with van der Waals surface area (Å²) in [5.41, 5.74) is 4.19. The van der Waals surface area contributed by atoms with Gasteiger partial charge in [-0.1, -0.05) is 18.6 Å². The van der Waals surface area contributed by atoms with Gasteiger partial charge in [0.05, 0.1) is 0 Å². The zero-order chi connectivity index (χ0) is 13.0. The van der Waals surface area contributed by atoms with E-state index in [4.69, 9.17) is 0 Å². The Bertz CT molecular complexity index is 423. The van der Waals surface area contributed by atoms with Crippen molar-refractivity contribution in [2.75, 3.05) is 6.54 Å². The van der Waals surface area contributed by atoms with Crippen molar-refractivity contribution in [1.82, 2.24) is 10.3 Å². The Labute approximate surface area is 111 Å². The third kappa shape index (κ3) is 3.67. The summed E-state index contributed by atoms with van der Waals surface area (Å²) in [6.45, 7) is 8.78. The smallest absolute Gasteiger partial charge is 0.0315 e. The Hall–Kier alpha value is -1.15. The van der Waals surface area contributed by atoms with Crippen LogP contribution in [0.5, 0.6) is 0 Å². The van der Waals surface area contributed by atoms with Crippen LogP contribution in [-0.2, 0) is 6.54 Å². The first-order valence-electron chi connectivity index (χ1n) is 6.92. The fourth-order valence-corrected chi connectivity index (χ4v) is 2.93. The molecule has 2 unspecified atom stereocenters. The van der Waals surface area contributed by atoms with Gasteiger partial charge in [-0.05, 0) is 62.3 Å². The minimum Gasteiger partial charge on any atom is -0.312 e. The van der Waals surface area contributed by atoms with Gasteiger partial charge in [-0.15, -0.1) is 0 Å². The Morgan fingerprint density at radius 2 is 2.22 bits per heavy atom. The lowest BCUT2D eigenvalue weighted by Gasteiger charge is -2.25. The van der Waals surface area contributed by atoms with E-state index in [0.29, 0.717) is 0 Å². The molecule has 0 spiro atoms. The number of allylic oxidation sites excluding steroid dienone is 2. The van der Waals surface area contributed by atoms with E-state index in [1.807, 2.05) is 12.4 Å². The third-order valence-corrected chi connectivity index (χ3v) is 3.78. The highest BCUT2D eigenvalue weighted by Crippen LogP contribution is 2.27. The molecule has 1 aliphatic rings. The largest absolute Gasteiger partial charge is 0.312 e. The summed E-state index contributed by atoms with van der Waals surface area (Å²) >= 11 is 0. The van der Waals surface area contributed by atoms with Crippen molar-refractivity contribution in [3.8, 4) is 0 Å². The Morgan fingerprint density at radius 3 is 2.94 bits per heavy atom. The Kier molecular flexibility index (Phi) is 4.54. The summed E-state index contributed by atoms with van der Waals surface area (Å²) in [6, 6.07) is 2.08. The molecule has 1 heterocycles. The Balaban J connectivity index is 1.80. The second-order valence-corrected chi connectivity index (χ2v) is 5.73. The van der Waals surface area contributed by atoms with Crippen LogP contribution < -0.4 is 5.32 Å². The van der Waals surface area contributed by atoms with Crippen molar-refractivity contribution >= 4 is 0 Å². The van der Waals surface area contributed by atoms with Crippen molar-refractivity contribution in [1.29, 1.82) is 0 Å². The van der Waals surface area contributed by atoms with E-state index in [1.165, 1.54) is 24.0 Å². The fourth-order valence-electron chi connectivity index (χ4n) is 2.93. The van der Waals surface area contributed by atoms with Gasteiger partial charge < -0.3 is 5.32 Å². The average Bonchev–Trinajstić information content (AvgIpc) is 2.30. The molecule has 18 heavy (non-hydrogen) atoms. The quantitative estimate of drug-likeness (QED) is 0.820. The number of nitrogens with zero attached hydrogens (tertiary/aromatic N) is 1. The number of aryl methyl sites for hydroxylation is 1. The molecule has 2 heteroatoms. The van der Waals surface area contributed by atoms with Crippen LogP contribution in [0.25, 0.3) is 0 Å². The first kappa shape index (κ1) is 13.3. The zero-order valence-electron chi connectivity index (χ0n) is 11.7. The van der Waals surface area contributed by atoms with Crippen LogP contribution in [0.15, 0.2) is 30.1 Å². The molecule has 1 aromatic heterocycles. The Morgan fingerprint density at radius 1 is 1.39 bits per heavy atom. The molecule has 0 fully saturated rings. The molecule has 2 atom stereocenters. The molecule has 1 aliphatic carbocycles. The van der Waals surface area contributed by atoms with Crippen molar-refractivity contribution in [3.63, 3.8) is 0 Å². The minimum atomic E-state index is 0.741. The van der Waals surface area contributed by atoms with E-state index in [9.17, 15) is 0 Å². The lowest BCUT2D eigenvalue weighted by atomic mass is 9.84. The molecule has 1 N–H and O–H groups in total. The molecule has 0 saturated carbocycles.